The number of amidine groups is 1. The lowest BCUT2D eigenvalue weighted by molar-refractivity contribution is -0.137. The molecule has 0 radical (unpaired) electrons. The van der Waals surface area contributed by atoms with Gasteiger partial charge in [-0.2, -0.15) is 13.2 Å². The first kappa shape index (κ1) is 24.9. The van der Waals surface area contributed by atoms with Crippen LogP contribution in [0.25, 0.3) is 10.6 Å². The van der Waals surface area contributed by atoms with Crippen molar-refractivity contribution in [2.24, 2.45) is 5.16 Å². The largest absolute Gasteiger partial charge is 0.473 e. The van der Waals surface area contributed by atoms with Gasteiger partial charge < -0.3 is 10.2 Å². The van der Waals surface area contributed by atoms with E-state index in [0.29, 0.717) is 46.3 Å². The Balaban J connectivity index is 1.64. The predicted molar refractivity (Wildman–Crippen MR) is 128 cm³/mol. The number of rotatable bonds is 9. The number of nitrogens with one attached hydrogen (secondary N) is 1. The van der Waals surface area contributed by atoms with Gasteiger partial charge in [0.15, 0.2) is 12.1 Å². The van der Waals surface area contributed by atoms with Crippen LogP contribution < -0.4 is 5.32 Å². The molecule has 0 saturated carbocycles. The van der Waals surface area contributed by atoms with E-state index in [2.05, 4.69) is 17.4 Å². The molecule has 1 aliphatic heterocycles. The number of carbonyl (C=O) groups is 1. The molecule has 0 amide bonds. The predicted octanol–water partition coefficient (Wildman–Crippen LogP) is 5.50. The Labute approximate surface area is 207 Å². The Morgan fingerprint density at radius 1 is 1.14 bits per heavy atom. The Morgan fingerprint density at radius 2 is 1.83 bits per heavy atom. The number of hydrogen-bond acceptors (Lipinski definition) is 7. The van der Waals surface area contributed by atoms with Gasteiger partial charge in [-0.3, -0.25) is 4.79 Å². The third-order valence-electron chi connectivity index (χ3n) is 5.44. The van der Waals surface area contributed by atoms with Crippen LogP contribution in [0.15, 0.2) is 53.7 Å². The Morgan fingerprint density at radius 3 is 2.40 bits per heavy atom. The summed E-state index contributed by atoms with van der Waals surface area (Å²) in [5.41, 5.74) is 2.11. The molecule has 2 atom stereocenters. The second kappa shape index (κ2) is 10.6. The maximum absolute atomic E-state index is 12.9. The van der Waals surface area contributed by atoms with E-state index in [4.69, 9.17) is 9.82 Å². The van der Waals surface area contributed by atoms with Gasteiger partial charge in [0.2, 0.25) is 0 Å². The van der Waals surface area contributed by atoms with Gasteiger partial charge in [-0.1, -0.05) is 54.9 Å². The molecular formula is C24H21F3N3O3S2+. The highest BCUT2D eigenvalue weighted by Gasteiger charge is 2.34. The SMILES string of the molecule is CCCCc1nc(-c2ccc(C(F)(F)F)cc2)sc1C([S+]=O)c1ccc(C2=NOC(C=O)N2)cc1. The zero-order valence-corrected chi connectivity index (χ0v) is 20.2. The summed E-state index contributed by atoms with van der Waals surface area (Å²) < 4.78 is 51.1. The highest BCUT2D eigenvalue weighted by molar-refractivity contribution is 7.66. The van der Waals surface area contributed by atoms with Crippen LogP contribution in [0.1, 0.15) is 52.3 Å². The molecule has 2 aromatic carbocycles. The number of aryl methyl sites for hydroxylation is 1. The van der Waals surface area contributed by atoms with Crippen LogP contribution in [0.4, 0.5) is 13.2 Å². The summed E-state index contributed by atoms with van der Waals surface area (Å²) in [6, 6.07) is 12.1. The summed E-state index contributed by atoms with van der Waals surface area (Å²) in [6.45, 7) is 2.06. The molecule has 182 valence electrons. The molecule has 0 fully saturated rings. The third-order valence-corrected chi connectivity index (χ3v) is 7.50. The minimum atomic E-state index is -4.41. The van der Waals surface area contributed by atoms with E-state index in [9.17, 15) is 22.2 Å². The van der Waals surface area contributed by atoms with Gasteiger partial charge in [-0.05, 0) is 25.0 Å². The maximum Gasteiger partial charge on any atom is 0.473 e. The van der Waals surface area contributed by atoms with Gasteiger partial charge in [0, 0.05) is 20.9 Å². The fourth-order valence-electron chi connectivity index (χ4n) is 3.58. The lowest BCUT2D eigenvalue weighted by atomic mass is 10.0. The molecule has 2 unspecified atom stereocenters. The number of aldehydes is 1. The zero-order valence-electron chi connectivity index (χ0n) is 18.5. The van der Waals surface area contributed by atoms with E-state index in [-0.39, 0.29) is 0 Å². The number of halogens is 3. The molecule has 2 heterocycles. The normalized spacial score (nSPS) is 16.2. The second-order valence-corrected chi connectivity index (χ2v) is 9.55. The first-order valence-electron chi connectivity index (χ1n) is 10.9. The number of aromatic nitrogens is 1. The van der Waals surface area contributed by atoms with Crippen LogP contribution in [0.2, 0.25) is 0 Å². The average Bonchev–Trinajstić information content (AvgIpc) is 3.51. The first-order chi connectivity index (χ1) is 16.8. The molecule has 35 heavy (non-hydrogen) atoms. The standard InChI is InChI=1S/C24H21F3N3O3S2/c1-2-3-4-18-21(34-23(28-18)16-9-11-17(12-10-16)24(25,26)27)20(35-32)14-5-7-15(8-6-14)22-29-19(13-31)33-30-22/h5-13,19-20H,2-4H2,1H3,(H,29,30)/q+1. The van der Waals surface area contributed by atoms with Crippen molar-refractivity contribution >= 4 is 35.1 Å². The number of thiazole rings is 1. The van der Waals surface area contributed by atoms with E-state index in [1.165, 1.54) is 23.5 Å². The maximum atomic E-state index is 12.9. The fraction of sp³-hybridized carbons (Fsp3) is 0.292. The summed E-state index contributed by atoms with van der Waals surface area (Å²) in [5.74, 6) is 0.422. The molecule has 0 spiro atoms. The molecule has 1 aromatic heterocycles. The van der Waals surface area contributed by atoms with Crippen molar-refractivity contribution < 1.29 is 27.0 Å². The molecule has 1 aliphatic rings. The highest BCUT2D eigenvalue weighted by atomic mass is 32.1. The quantitative estimate of drug-likeness (QED) is 0.298. The van der Waals surface area contributed by atoms with Crippen molar-refractivity contribution in [1.82, 2.24) is 10.3 Å². The number of alkyl halides is 3. The van der Waals surface area contributed by atoms with Gasteiger partial charge in [0.1, 0.15) is 5.01 Å². The summed E-state index contributed by atoms with van der Waals surface area (Å²) in [7, 11) is 0. The van der Waals surface area contributed by atoms with Crippen LogP contribution in [-0.4, -0.2) is 23.3 Å². The van der Waals surface area contributed by atoms with Crippen molar-refractivity contribution in [3.63, 3.8) is 0 Å². The van der Waals surface area contributed by atoms with E-state index >= 15 is 0 Å². The van der Waals surface area contributed by atoms with Crippen molar-refractivity contribution in [2.75, 3.05) is 0 Å². The molecule has 3 aromatic rings. The first-order valence-corrected chi connectivity index (χ1v) is 12.5. The Bertz CT molecular complexity index is 1230. The molecule has 11 heteroatoms. The van der Waals surface area contributed by atoms with Crippen molar-refractivity contribution in [2.45, 2.75) is 43.8 Å². The number of nitrogens with zero attached hydrogens (tertiary/aromatic N) is 2. The third kappa shape index (κ3) is 5.57. The highest BCUT2D eigenvalue weighted by Crippen LogP contribution is 2.38. The van der Waals surface area contributed by atoms with Crippen LogP contribution in [-0.2, 0) is 38.1 Å². The van der Waals surface area contributed by atoms with Crippen LogP contribution >= 0.6 is 11.3 Å². The Kier molecular flexibility index (Phi) is 7.56. The van der Waals surface area contributed by atoms with E-state index in [1.807, 2.05) is 12.1 Å². The molecule has 0 aliphatic carbocycles. The molecular weight excluding hydrogens is 499 g/mol. The van der Waals surface area contributed by atoms with Gasteiger partial charge in [-0.15, -0.1) is 11.3 Å². The van der Waals surface area contributed by atoms with Gasteiger partial charge in [0.25, 0.3) is 11.5 Å². The molecule has 1 N–H and O–H groups in total. The summed E-state index contributed by atoms with van der Waals surface area (Å²) in [4.78, 5) is 21.3. The van der Waals surface area contributed by atoms with Crippen LogP contribution in [0.5, 0.6) is 0 Å². The lowest BCUT2D eigenvalue weighted by Gasteiger charge is -2.06. The molecule has 0 bridgehead atoms. The second-order valence-electron chi connectivity index (χ2n) is 7.85. The summed E-state index contributed by atoms with van der Waals surface area (Å²) in [6.07, 6.45) is -2.14. The average molecular weight is 521 g/mol. The minimum Gasteiger partial charge on any atom is -0.361 e. The van der Waals surface area contributed by atoms with E-state index in [0.717, 1.165) is 41.1 Å². The molecule has 6 nitrogen and oxygen atoms in total. The number of unbranched alkanes of at least 4 members (excludes halogenated alkanes) is 1. The van der Waals surface area contributed by atoms with Gasteiger partial charge >= 0.3 is 17.8 Å². The summed E-state index contributed by atoms with van der Waals surface area (Å²) in [5, 5.41) is 6.73. The number of oxime groups is 1. The van der Waals surface area contributed by atoms with Crippen molar-refractivity contribution in [3.05, 3.63) is 75.8 Å². The lowest BCUT2D eigenvalue weighted by Crippen LogP contribution is -2.30. The van der Waals surface area contributed by atoms with Crippen molar-refractivity contribution in [3.8, 4) is 10.6 Å². The minimum absolute atomic E-state index is 0.422. The van der Waals surface area contributed by atoms with Gasteiger partial charge in [-0.25, -0.2) is 4.98 Å². The fourth-order valence-corrected chi connectivity index (χ4v) is 5.46. The monoisotopic (exact) mass is 520 g/mol. The van der Waals surface area contributed by atoms with E-state index in [1.54, 1.807) is 12.1 Å². The summed E-state index contributed by atoms with van der Waals surface area (Å²) >= 11 is 1.76. The van der Waals surface area contributed by atoms with Crippen molar-refractivity contribution in [1.29, 1.82) is 0 Å². The number of carbonyl (C=O) groups excluding carboxylic acids is 1. The molecule has 0 saturated heterocycles. The number of benzene rings is 2. The zero-order chi connectivity index (χ0) is 25.0. The van der Waals surface area contributed by atoms with Crippen LogP contribution in [0.3, 0.4) is 0 Å². The smallest absolute Gasteiger partial charge is 0.361 e. The van der Waals surface area contributed by atoms with Crippen LogP contribution in [0, 0.1) is 0 Å². The molecule has 4 rings (SSSR count). The van der Waals surface area contributed by atoms with Gasteiger partial charge in [0.05, 0.1) is 16.1 Å². The topological polar surface area (TPSA) is 80.7 Å². The van der Waals surface area contributed by atoms with E-state index < -0.39 is 23.2 Å². The Hall–Kier alpha value is -3.18. The number of hydrogen-bond donors (Lipinski definition) is 1.